The van der Waals surface area contributed by atoms with Gasteiger partial charge in [-0.15, -0.1) is 0 Å². The average molecular weight is 393 g/mol. The van der Waals surface area contributed by atoms with Gasteiger partial charge in [0.25, 0.3) is 11.8 Å². The number of H-pyrrole nitrogens is 1. The van der Waals surface area contributed by atoms with Crippen molar-refractivity contribution < 1.29 is 14.7 Å². The van der Waals surface area contributed by atoms with Crippen LogP contribution in [0.15, 0.2) is 29.3 Å². The lowest BCUT2D eigenvalue weighted by Gasteiger charge is -2.29. The summed E-state index contributed by atoms with van der Waals surface area (Å²) in [6.07, 6.45) is 4.10. The predicted octanol–water partition coefficient (Wildman–Crippen LogP) is -0.626. The number of likely N-dealkylation sites (N-methyl/N-ethyl adjacent to an activating group) is 1. The van der Waals surface area contributed by atoms with Crippen molar-refractivity contribution in [3.05, 3.63) is 51.8 Å². The maximum atomic E-state index is 13.1. The van der Waals surface area contributed by atoms with E-state index >= 15 is 0 Å². The highest BCUT2D eigenvalue weighted by atomic mass is 16.3. The number of rotatable bonds is 4. The third kappa shape index (κ3) is 2.86. The number of nitrogens with zero attached hydrogens (tertiary/aromatic N) is 4. The molecule has 0 bridgehead atoms. The van der Waals surface area contributed by atoms with Crippen molar-refractivity contribution in [2.24, 2.45) is 4.99 Å². The van der Waals surface area contributed by atoms with Gasteiger partial charge in [0.1, 0.15) is 6.04 Å². The van der Waals surface area contributed by atoms with Crippen molar-refractivity contribution in [2.45, 2.75) is 37.4 Å². The summed E-state index contributed by atoms with van der Waals surface area (Å²) in [5.74, 6) is -0.276. The second kappa shape index (κ2) is 6.52. The molecule has 1 aromatic carbocycles. The van der Waals surface area contributed by atoms with Crippen molar-refractivity contribution >= 4 is 17.9 Å². The van der Waals surface area contributed by atoms with E-state index in [1.54, 1.807) is 16.8 Å². The lowest BCUT2D eigenvalue weighted by molar-refractivity contribution is -0.132. The number of aromatic amines is 1. The van der Waals surface area contributed by atoms with Crippen molar-refractivity contribution in [1.82, 2.24) is 20.0 Å². The number of fused-ring (bicyclic) bond motifs is 2. The molecule has 0 saturated heterocycles. The van der Waals surface area contributed by atoms with Gasteiger partial charge < -0.3 is 14.9 Å². The van der Waals surface area contributed by atoms with E-state index in [4.69, 9.17) is 0 Å². The first-order valence-electron chi connectivity index (χ1n) is 9.91. The fraction of sp³-hybridized carbons (Fsp3) is 0.429. The van der Waals surface area contributed by atoms with E-state index in [9.17, 15) is 14.7 Å². The Kier molecular flexibility index (Phi) is 4.06. The average Bonchev–Trinajstić information content (AvgIpc) is 3.25. The van der Waals surface area contributed by atoms with Crippen LogP contribution in [0.1, 0.15) is 34.6 Å². The molecule has 29 heavy (non-hydrogen) atoms. The Morgan fingerprint density at radius 3 is 2.86 bits per heavy atom. The van der Waals surface area contributed by atoms with Crippen LogP contribution in [0, 0.1) is 0 Å². The first-order valence-corrected chi connectivity index (χ1v) is 9.91. The van der Waals surface area contributed by atoms with Crippen molar-refractivity contribution in [1.29, 1.82) is 0 Å². The maximum Gasteiger partial charge on any atom is 0.274 e. The van der Waals surface area contributed by atoms with E-state index in [2.05, 4.69) is 15.2 Å². The van der Waals surface area contributed by atoms with Gasteiger partial charge in [0.2, 0.25) is 0 Å². The summed E-state index contributed by atoms with van der Waals surface area (Å²) >= 11 is 0. The Labute approximate surface area is 167 Å². The van der Waals surface area contributed by atoms with Crippen LogP contribution in [0.3, 0.4) is 0 Å². The van der Waals surface area contributed by atoms with Gasteiger partial charge in [-0.05, 0) is 30.2 Å². The molecule has 2 amide bonds. The normalized spacial score (nSPS) is 20.9. The fourth-order valence-electron chi connectivity index (χ4n) is 4.19. The van der Waals surface area contributed by atoms with Gasteiger partial charge in [0, 0.05) is 37.8 Å². The van der Waals surface area contributed by atoms with Gasteiger partial charge in [-0.2, -0.15) is 5.10 Å². The first-order chi connectivity index (χ1) is 14.0. The first kappa shape index (κ1) is 18.1. The van der Waals surface area contributed by atoms with Gasteiger partial charge >= 0.3 is 0 Å². The van der Waals surface area contributed by atoms with Crippen LogP contribution >= 0.6 is 0 Å². The number of amides is 2. The molecule has 5 rings (SSSR count). The molecule has 1 fully saturated rings. The Morgan fingerprint density at radius 2 is 2.14 bits per heavy atom. The number of carbonyl (C=O) groups excluding carboxylic acids is 2. The molecule has 1 atom stereocenters. The predicted molar refractivity (Wildman–Crippen MR) is 104 cm³/mol. The zero-order chi connectivity index (χ0) is 20.2. The van der Waals surface area contributed by atoms with E-state index in [-0.39, 0.29) is 18.4 Å². The maximum absolute atomic E-state index is 13.1. The Hall–Kier alpha value is -3.00. The van der Waals surface area contributed by atoms with Gasteiger partial charge in [-0.25, -0.2) is 0 Å². The van der Waals surface area contributed by atoms with Crippen LogP contribution in [0.25, 0.3) is 6.08 Å². The molecule has 1 saturated carbocycles. The highest BCUT2D eigenvalue weighted by Gasteiger charge is 2.49. The second-order valence-corrected chi connectivity index (χ2v) is 8.09. The molecule has 150 valence electrons. The molecule has 8 nitrogen and oxygen atoms in total. The van der Waals surface area contributed by atoms with Gasteiger partial charge in [-0.3, -0.25) is 19.7 Å². The molecule has 2 N–H and O–H groups in total. The van der Waals surface area contributed by atoms with Crippen LogP contribution in [-0.4, -0.2) is 68.7 Å². The Morgan fingerprint density at radius 1 is 1.34 bits per heavy atom. The van der Waals surface area contributed by atoms with Crippen molar-refractivity contribution in [3.8, 4) is 0 Å². The summed E-state index contributed by atoms with van der Waals surface area (Å²) in [6.45, 7) is 0.849. The monoisotopic (exact) mass is 393 g/mol. The number of aliphatic hydroxyl groups is 1. The molecule has 2 aliphatic heterocycles. The van der Waals surface area contributed by atoms with Crippen molar-refractivity contribution in [2.75, 3.05) is 20.2 Å². The molecule has 3 heterocycles. The van der Waals surface area contributed by atoms with E-state index in [0.717, 1.165) is 34.7 Å². The zero-order valence-corrected chi connectivity index (χ0v) is 16.3. The SMILES string of the molecule is CN(C(=O)c1n[nH]c2c1CN(C(=O)C1C=c3ccccc3=N1)CC2)C1(CO)CC1. The smallest absolute Gasteiger partial charge is 0.274 e. The van der Waals surface area contributed by atoms with Crippen LogP contribution in [0.4, 0.5) is 0 Å². The fourth-order valence-corrected chi connectivity index (χ4v) is 4.19. The van der Waals surface area contributed by atoms with Crippen LogP contribution in [0.5, 0.6) is 0 Å². The topological polar surface area (TPSA) is 102 Å². The van der Waals surface area contributed by atoms with Crippen LogP contribution in [0.2, 0.25) is 0 Å². The number of para-hydroxylation sites is 1. The quantitative estimate of drug-likeness (QED) is 0.722. The molecule has 0 spiro atoms. The summed E-state index contributed by atoms with van der Waals surface area (Å²) in [6, 6.07) is 7.19. The summed E-state index contributed by atoms with van der Waals surface area (Å²) < 4.78 is 0. The van der Waals surface area contributed by atoms with Gasteiger partial charge in [0.15, 0.2) is 5.69 Å². The third-order valence-electron chi connectivity index (χ3n) is 6.39. The highest BCUT2D eigenvalue weighted by molar-refractivity contribution is 5.95. The molecular formula is C21H23N5O3. The molecule has 8 heteroatoms. The summed E-state index contributed by atoms with van der Waals surface area (Å²) in [4.78, 5) is 34.0. The minimum absolute atomic E-state index is 0.0496. The number of nitrogens with one attached hydrogen (secondary N) is 1. The summed E-state index contributed by atoms with van der Waals surface area (Å²) in [5.41, 5.74) is 1.55. The molecule has 2 aromatic rings. The molecule has 1 unspecified atom stereocenters. The van der Waals surface area contributed by atoms with E-state index < -0.39 is 11.6 Å². The zero-order valence-electron chi connectivity index (χ0n) is 16.3. The molecule has 1 aromatic heterocycles. The van der Waals surface area contributed by atoms with Gasteiger partial charge in [-0.1, -0.05) is 18.2 Å². The van der Waals surface area contributed by atoms with Crippen molar-refractivity contribution in [3.63, 3.8) is 0 Å². The van der Waals surface area contributed by atoms with E-state index in [0.29, 0.717) is 25.2 Å². The standard InChI is InChI=1S/C21H23N5O3/c1-25(21(12-27)7-8-21)20(29)18-14-11-26(9-6-16(14)23-24-18)19(28)17-10-13-4-2-3-5-15(13)22-17/h2-5,10,17,27H,6-9,11-12H2,1H3,(H,23,24). The molecular weight excluding hydrogens is 370 g/mol. The Bertz CT molecular complexity index is 1080. The highest BCUT2D eigenvalue weighted by Crippen LogP contribution is 2.41. The lowest BCUT2D eigenvalue weighted by atomic mass is 10.0. The molecule has 1 aliphatic carbocycles. The Balaban J connectivity index is 1.37. The number of aromatic nitrogens is 2. The van der Waals surface area contributed by atoms with E-state index in [1.807, 2.05) is 30.3 Å². The largest absolute Gasteiger partial charge is 0.394 e. The number of carbonyl (C=O) groups is 2. The number of hydrogen-bond donors (Lipinski definition) is 2. The van der Waals surface area contributed by atoms with Crippen LogP contribution in [-0.2, 0) is 17.8 Å². The number of hydrogen-bond acceptors (Lipinski definition) is 5. The van der Waals surface area contributed by atoms with E-state index in [1.165, 1.54) is 0 Å². The molecule has 3 aliphatic rings. The van der Waals surface area contributed by atoms with Crippen LogP contribution < -0.4 is 10.6 Å². The molecule has 0 radical (unpaired) electrons. The minimum Gasteiger partial charge on any atom is -0.394 e. The number of benzene rings is 1. The third-order valence-corrected chi connectivity index (χ3v) is 6.39. The second-order valence-electron chi connectivity index (χ2n) is 8.09. The lowest BCUT2D eigenvalue weighted by Crippen LogP contribution is -2.43. The number of aliphatic hydroxyl groups excluding tert-OH is 1. The van der Waals surface area contributed by atoms with Gasteiger partial charge in [0.05, 0.1) is 17.5 Å². The summed E-state index contributed by atoms with van der Waals surface area (Å²) in [7, 11) is 1.71. The minimum atomic E-state index is -0.521. The summed E-state index contributed by atoms with van der Waals surface area (Å²) in [5, 5.41) is 18.7.